The molecule has 7 heteroatoms. The predicted molar refractivity (Wildman–Crippen MR) is 61.5 cm³/mol. The summed E-state index contributed by atoms with van der Waals surface area (Å²) in [6.07, 6.45) is 0.256. The molecule has 0 aliphatic carbocycles. The smallest absolute Gasteiger partial charge is 0.248 e. The summed E-state index contributed by atoms with van der Waals surface area (Å²) < 4.78 is 5.36. The Morgan fingerprint density at radius 1 is 1.65 bits per heavy atom. The number of primary amides is 1. The van der Waals surface area contributed by atoms with E-state index >= 15 is 0 Å². The molecule has 1 aromatic heterocycles. The molecule has 0 radical (unpaired) electrons. The minimum atomic E-state index is -1.27. The summed E-state index contributed by atoms with van der Waals surface area (Å²) in [5.41, 5.74) is 4.90. The van der Waals surface area contributed by atoms with Crippen molar-refractivity contribution in [3.8, 4) is 5.88 Å². The zero-order chi connectivity index (χ0) is 12.8. The Balaban J connectivity index is 2.56. The van der Waals surface area contributed by atoms with Gasteiger partial charge in [0.1, 0.15) is 6.10 Å². The molecule has 1 atom stereocenters. The van der Waals surface area contributed by atoms with E-state index in [0.717, 1.165) is 0 Å². The number of carbonyl (C=O) groups is 1. The highest BCUT2D eigenvalue weighted by atomic mass is 16.5. The molecule has 0 spiro atoms. The van der Waals surface area contributed by atoms with Gasteiger partial charge in [-0.25, -0.2) is 4.98 Å². The third-order valence-corrected chi connectivity index (χ3v) is 1.77. The highest BCUT2D eigenvalue weighted by Gasteiger charge is 2.11. The number of anilines is 1. The molecule has 94 valence electrons. The van der Waals surface area contributed by atoms with E-state index in [9.17, 15) is 9.90 Å². The van der Waals surface area contributed by atoms with Crippen LogP contribution >= 0.6 is 0 Å². The van der Waals surface area contributed by atoms with Crippen LogP contribution in [0.15, 0.2) is 12.3 Å². The average molecular weight is 240 g/mol. The zero-order valence-corrected chi connectivity index (χ0v) is 9.75. The fraction of sp³-hybridized carbons (Fsp3) is 0.500. The van der Waals surface area contributed by atoms with Gasteiger partial charge in [0.15, 0.2) is 0 Å². The van der Waals surface area contributed by atoms with Crippen LogP contribution in [0.4, 0.5) is 5.95 Å². The second-order valence-corrected chi connectivity index (χ2v) is 3.68. The normalized spacial score (nSPS) is 12.2. The molecule has 0 bridgehead atoms. The van der Waals surface area contributed by atoms with Crippen LogP contribution in [-0.4, -0.2) is 39.7 Å². The monoisotopic (exact) mass is 240 g/mol. The molecule has 7 nitrogen and oxygen atoms in total. The number of nitrogens with one attached hydrogen (secondary N) is 1. The van der Waals surface area contributed by atoms with Crippen LogP contribution < -0.4 is 15.8 Å². The third kappa shape index (κ3) is 4.64. The van der Waals surface area contributed by atoms with Crippen molar-refractivity contribution < 1.29 is 14.6 Å². The summed E-state index contributed by atoms with van der Waals surface area (Å²) in [5, 5.41) is 11.9. The Morgan fingerprint density at radius 3 is 2.94 bits per heavy atom. The van der Waals surface area contributed by atoms with Gasteiger partial charge in [-0.05, 0) is 13.8 Å². The molecule has 0 aliphatic rings. The molecule has 4 N–H and O–H groups in total. The molecule has 1 unspecified atom stereocenters. The second-order valence-electron chi connectivity index (χ2n) is 3.68. The van der Waals surface area contributed by atoms with Crippen molar-refractivity contribution >= 4 is 11.9 Å². The SMILES string of the molecule is CC(C)Oc1ccnc(NCC(O)C(N)=O)n1. The highest BCUT2D eigenvalue weighted by Crippen LogP contribution is 2.09. The van der Waals surface area contributed by atoms with Crippen LogP contribution in [0, 0.1) is 0 Å². The van der Waals surface area contributed by atoms with Gasteiger partial charge in [-0.1, -0.05) is 0 Å². The van der Waals surface area contributed by atoms with Crippen LogP contribution in [0.3, 0.4) is 0 Å². The first-order valence-corrected chi connectivity index (χ1v) is 5.20. The topological polar surface area (TPSA) is 110 Å². The van der Waals surface area contributed by atoms with Crippen LogP contribution in [-0.2, 0) is 4.79 Å². The van der Waals surface area contributed by atoms with E-state index < -0.39 is 12.0 Å². The van der Waals surface area contributed by atoms with Crippen LogP contribution in [0.2, 0.25) is 0 Å². The van der Waals surface area contributed by atoms with E-state index in [4.69, 9.17) is 10.5 Å². The van der Waals surface area contributed by atoms with Gasteiger partial charge < -0.3 is 20.9 Å². The molecule has 17 heavy (non-hydrogen) atoms. The fourth-order valence-corrected chi connectivity index (χ4v) is 1.02. The van der Waals surface area contributed by atoms with Crippen molar-refractivity contribution in [1.29, 1.82) is 0 Å². The first kappa shape index (κ1) is 13.2. The van der Waals surface area contributed by atoms with Crippen LogP contribution in [0.25, 0.3) is 0 Å². The largest absolute Gasteiger partial charge is 0.475 e. The van der Waals surface area contributed by atoms with Crippen molar-refractivity contribution in [2.75, 3.05) is 11.9 Å². The number of amides is 1. The Hall–Kier alpha value is -1.89. The number of rotatable bonds is 6. The average Bonchev–Trinajstić information content (AvgIpc) is 2.25. The summed E-state index contributed by atoms with van der Waals surface area (Å²) in [6, 6.07) is 1.62. The Morgan fingerprint density at radius 2 is 2.35 bits per heavy atom. The number of nitrogens with two attached hydrogens (primary N) is 1. The Labute approximate surface area is 99.0 Å². The number of hydrogen-bond donors (Lipinski definition) is 3. The number of carbonyl (C=O) groups excluding carboxylic acids is 1. The summed E-state index contributed by atoms with van der Waals surface area (Å²) in [7, 11) is 0. The summed E-state index contributed by atoms with van der Waals surface area (Å²) in [6.45, 7) is 3.72. The number of aliphatic hydroxyl groups is 1. The first-order chi connectivity index (χ1) is 7.99. The first-order valence-electron chi connectivity index (χ1n) is 5.20. The number of ether oxygens (including phenoxy) is 1. The van der Waals surface area contributed by atoms with Crippen molar-refractivity contribution in [1.82, 2.24) is 9.97 Å². The number of nitrogens with zero attached hydrogens (tertiary/aromatic N) is 2. The summed E-state index contributed by atoms with van der Waals surface area (Å²) in [5.74, 6) is -0.110. The standard InChI is InChI=1S/C10H16N4O3/c1-6(2)17-8-3-4-12-10(14-8)13-5-7(15)9(11)16/h3-4,6-7,15H,5H2,1-2H3,(H2,11,16)(H,12,13,14). The highest BCUT2D eigenvalue weighted by molar-refractivity contribution is 5.79. The molecule has 0 aliphatic heterocycles. The molecule has 0 saturated heterocycles. The maximum atomic E-state index is 10.6. The lowest BCUT2D eigenvalue weighted by molar-refractivity contribution is -0.125. The van der Waals surface area contributed by atoms with E-state index in [1.807, 2.05) is 13.8 Å². The van der Waals surface area contributed by atoms with Gasteiger partial charge in [-0.15, -0.1) is 0 Å². The molecular formula is C10H16N4O3. The third-order valence-electron chi connectivity index (χ3n) is 1.77. The molecule has 1 aromatic rings. The van der Waals surface area contributed by atoms with Crippen molar-refractivity contribution in [3.05, 3.63) is 12.3 Å². The number of hydrogen-bond acceptors (Lipinski definition) is 6. The molecule has 1 rings (SSSR count). The van der Waals surface area contributed by atoms with Gasteiger partial charge in [0.25, 0.3) is 0 Å². The van der Waals surface area contributed by atoms with Gasteiger partial charge >= 0.3 is 0 Å². The summed E-state index contributed by atoms with van der Waals surface area (Å²) in [4.78, 5) is 18.5. The Kier molecular flexibility index (Phi) is 4.65. The van der Waals surface area contributed by atoms with Crippen molar-refractivity contribution in [2.24, 2.45) is 5.73 Å². The molecule has 0 saturated carbocycles. The van der Waals surface area contributed by atoms with E-state index in [1.165, 1.54) is 6.20 Å². The van der Waals surface area contributed by atoms with Crippen LogP contribution in [0.1, 0.15) is 13.8 Å². The van der Waals surface area contributed by atoms with E-state index in [-0.39, 0.29) is 18.6 Å². The molecule has 1 heterocycles. The predicted octanol–water partition coefficient (Wildman–Crippen LogP) is -0.478. The van der Waals surface area contributed by atoms with Gasteiger partial charge in [0.05, 0.1) is 12.6 Å². The van der Waals surface area contributed by atoms with Gasteiger partial charge in [-0.3, -0.25) is 4.79 Å². The van der Waals surface area contributed by atoms with E-state index in [1.54, 1.807) is 6.07 Å². The lowest BCUT2D eigenvalue weighted by Crippen LogP contribution is -2.34. The Bertz CT molecular complexity index is 384. The summed E-state index contributed by atoms with van der Waals surface area (Å²) >= 11 is 0. The zero-order valence-electron chi connectivity index (χ0n) is 9.75. The van der Waals surface area contributed by atoms with Gasteiger partial charge in [0.2, 0.25) is 17.7 Å². The van der Waals surface area contributed by atoms with Crippen molar-refractivity contribution in [3.63, 3.8) is 0 Å². The van der Waals surface area contributed by atoms with E-state index in [2.05, 4.69) is 15.3 Å². The lowest BCUT2D eigenvalue weighted by atomic mass is 10.3. The lowest BCUT2D eigenvalue weighted by Gasteiger charge is -2.11. The second kappa shape index (κ2) is 6.00. The van der Waals surface area contributed by atoms with Crippen molar-refractivity contribution in [2.45, 2.75) is 26.1 Å². The minimum Gasteiger partial charge on any atom is -0.475 e. The molecule has 0 fully saturated rings. The number of aliphatic hydroxyl groups excluding tert-OH is 1. The maximum Gasteiger partial charge on any atom is 0.248 e. The quantitative estimate of drug-likeness (QED) is 0.619. The van der Waals surface area contributed by atoms with Gasteiger partial charge in [0, 0.05) is 12.3 Å². The maximum absolute atomic E-state index is 10.6. The molecule has 0 aromatic carbocycles. The van der Waals surface area contributed by atoms with Crippen LogP contribution in [0.5, 0.6) is 5.88 Å². The van der Waals surface area contributed by atoms with Gasteiger partial charge in [-0.2, -0.15) is 4.98 Å². The fourth-order valence-electron chi connectivity index (χ4n) is 1.02. The molecule has 1 amide bonds. The van der Waals surface area contributed by atoms with E-state index in [0.29, 0.717) is 5.88 Å². The molecular weight excluding hydrogens is 224 g/mol. The number of aromatic nitrogens is 2. The minimum absolute atomic E-state index is 0.00830.